The molecular weight excluding hydrogens is 238 g/mol. The molecule has 0 aromatic carbocycles. The van der Waals surface area contributed by atoms with Gasteiger partial charge in [0.2, 0.25) is 0 Å². The SMILES string of the molecule is Cc1ccc(OCCCCC#N)c(CNC2CC2)n1. The molecule has 1 fully saturated rings. The maximum atomic E-state index is 8.48. The van der Waals surface area contributed by atoms with Crippen molar-refractivity contribution >= 4 is 0 Å². The lowest BCUT2D eigenvalue weighted by molar-refractivity contribution is 0.302. The first-order chi connectivity index (χ1) is 9.29. The maximum absolute atomic E-state index is 8.48. The molecule has 1 aliphatic carbocycles. The fourth-order valence-corrected chi connectivity index (χ4v) is 1.87. The number of nitrogens with zero attached hydrogens (tertiary/aromatic N) is 2. The van der Waals surface area contributed by atoms with Crippen molar-refractivity contribution in [2.24, 2.45) is 0 Å². The lowest BCUT2D eigenvalue weighted by Gasteiger charge is -2.11. The minimum absolute atomic E-state index is 0.603. The average molecular weight is 259 g/mol. The van der Waals surface area contributed by atoms with Gasteiger partial charge in [0, 0.05) is 24.7 Å². The Hall–Kier alpha value is -1.60. The molecule has 19 heavy (non-hydrogen) atoms. The van der Waals surface area contributed by atoms with E-state index in [-0.39, 0.29) is 0 Å². The third-order valence-corrected chi connectivity index (χ3v) is 3.15. The Morgan fingerprint density at radius 3 is 3.00 bits per heavy atom. The fourth-order valence-electron chi connectivity index (χ4n) is 1.87. The molecule has 1 aromatic rings. The van der Waals surface area contributed by atoms with E-state index in [1.165, 1.54) is 12.8 Å². The third-order valence-electron chi connectivity index (χ3n) is 3.15. The van der Waals surface area contributed by atoms with E-state index in [4.69, 9.17) is 10.00 Å². The Morgan fingerprint density at radius 1 is 1.42 bits per heavy atom. The molecule has 2 rings (SSSR count). The zero-order valence-corrected chi connectivity index (χ0v) is 11.5. The van der Waals surface area contributed by atoms with Crippen molar-refractivity contribution < 1.29 is 4.74 Å². The van der Waals surface area contributed by atoms with E-state index in [2.05, 4.69) is 16.4 Å². The van der Waals surface area contributed by atoms with Gasteiger partial charge in [-0.3, -0.25) is 4.98 Å². The minimum atomic E-state index is 0.603. The number of ether oxygens (including phenoxy) is 1. The number of aromatic nitrogens is 1. The molecule has 1 heterocycles. The van der Waals surface area contributed by atoms with Crippen LogP contribution in [0.3, 0.4) is 0 Å². The smallest absolute Gasteiger partial charge is 0.142 e. The monoisotopic (exact) mass is 259 g/mol. The Morgan fingerprint density at radius 2 is 2.26 bits per heavy atom. The Kier molecular flexibility index (Phi) is 5.17. The van der Waals surface area contributed by atoms with Gasteiger partial charge >= 0.3 is 0 Å². The predicted molar refractivity (Wildman–Crippen MR) is 73.8 cm³/mol. The quantitative estimate of drug-likeness (QED) is 0.729. The molecule has 0 spiro atoms. The lowest BCUT2D eigenvalue weighted by atomic mass is 10.2. The summed E-state index contributed by atoms with van der Waals surface area (Å²) in [5, 5.41) is 11.9. The molecule has 4 heteroatoms. The van der Waals surface area contributed by atoms with Gasteiger partial charge in [-0.05, 0) is 44.7 Å². The fraction of sp³-hybridized carbons (Fsp3) is 0.600. The van der Waals surface area contributed by atoms with E-state index in [1.807, 2.05) is 19.1 Å². The molecule has 4 nitrogen and oxygen atoms in total. The molecule has 1 aliphatic rings. The van der Waals surface area contributed by atoms with Crippen LogP contribution in [0, 0.1) is 18.3 Å². The predicted octanol–water partition coefficient (Wildman–Crippen LogP) is 2.71. The first kappa shape index (κ1) is 13.8. The number of nitriles is 1. The number of unbranched alkanes of at least 4 members (excludes halogenated alkanes) is 2. The number of hydrogen-bond acceptors (Lipinski definition) is 4. The normalized spacial score (nSPS) is 14.1. The topological polar surface area (TPSA) is 57.9 Å². The van der Waals surface area contributed by atoms with Crippen LogP contribution in [0.2, 0.25) is 0 Å². The van der Waals surface area contributed by atoms with Gasteiger partial charge in [0.05, 0.1) is 18.4 Å². The zero-order valence-electron chi connectivity index (χ0n) is 11.5. The van der Waals surface area contributed by atoms with Crippen LogP contribution in [0.4, 0.5) is 0 Å². The average Bonchev–Trinajstić information content (AvgIpc) is 3.22. The zero-order chi connectivity index (χ0) is 13.5. The van der Waals surface area contributed by atoms with Gasteiger partial charge in [0.15, 0.2) is 0 Å². The van der Waals surface area contributed by atoms with E-state index in [0.717, 1.165) is 36.5 Å². The summed E-state index contributed by atoms with van der Waals surface area (Å²) in [6.45, 7) is 3.43. The van der Waals surface area contributed by atoms with Crippen molar-refractivity contribution in [3.8, 4) is 11.8 Å². The van der Waals surface area contributed by atoms with Gasteiger partial charge < -0.3 is 10.1 Å². The van der Waals surface area contributed by atoms with Crippen molar-refractivity contribution in [3.63, 3.8) is 0 Å². The van der Waals surface area contributed by atoms with Crippen LogP contribution in [0.1, 0.15) is 43.5 Å². The van der Waals surface area contributed by atoms with Gasteiger partial charge in [-0.25, -0.2) is 0 Å². The van der Waals surface area contributed by atoms with Crippen molar-refractivity contribution in [1.82, 2.24) is 10.3 Å². The van der Waals surface area contributed by atoms with Crippen LogP contribution < -0.4 is 10.1 Å². The molecule has 0 radical (unpaired) electrons. The highest BCUT2D eigenvalue weighted by molar-refractivity contribution is 5.29. The Labute approximate surface area is 114 Å². The van der Waals surface area contributed by atoms with Gasteiger partial charge in [0.25, 0.3) is 0 Å². The summed E-state index contributed by atoms with van der Waals surface area (Å²) in [6.07, 6.45) is 4.96. The molecule has 0 atom stereocenters. The van der Waals surface area contributed by atoms with E-state index in [9.17, 15) is 0 Å². The summed E-state index contributed by atoms with van der Waals surface area (Å²) in [5.41, 5.74) is 2.01. The van der Waals surface area contributed by atoms with E-state index < -0.39 is 0 Å². The summed E-state index contributed by atoms with van der Waals surface area (Å²) in [5.74, 6) is 0.871. The summed E-state index contributed by atoms with van der Waals surface area (Å²) in [4.78, 5) is 4.55. The first-order valence-electron chi connectivity index (χ1n) is 6.99. The number of aryl methyl sites for hydroxylation is 1. The van der Waals surface area contributed by atoms with E-state index in [1.54, 1.807) is 0 Å². The second-order valence-corrected chi connectivity index (χ2v) is 5.02. The van der Waals surface area contributed by atoms with Crippen molar-refractivity contribution in [2.45, 2.75) is 51.6 Å². The molecule has 0 bridgehead atoms. The number of hydrogen-bond donors (Lipinski definition) is 1. The van der Waals surface area contributed by atoms with Crippen LogP contribution in [0.25, 0.3) is 0 Å². The molecule has 0 amide bonds. The summed E-state index contributed by atoms with van der Waals surface area (Å²) in [7, 11) is 0. The van der Waals surface area contributed by atoms with Crippen LogP contribution in [0.15, 0.2) is 12.1 Å². The highest BCUT2D eigenvalue weighted by atomic mass is 16.5. The van der Waals surface area contributed by atoms with Gasteiger partial charge in [-0.2, -0.15) is 5.26 Å². The number of rotatable bonds is 8. The number of pyridine rings is 1. The maximum Gasteiger partial charge on any atom is 0.142 e. The summed E-state index contributed by atoms with van der Waals surface area (Å²) in [6, 6.07) is 6.79. The van der Waals surface area contributed by atoms with Crippen LogP contribution in [-0.2, 0) is 6.54 Å². The third kappa shape index (κ3) is 4.88. The molecule has 1 aromatic heterocycles. The van der Waals surface area contributed by atoms with Gasteiger partial charge in [-0.15, -0.1) is 0 Å². The van der Waals surface area contributed by atoms with Crippen LogP contribution >= 0.6 is 0 Å². The second kappa shape index (κ2) is 7.10. The number of nitrogens with one attached hydrogen (secondary N) is 1. The van der Waals surface area contributed by atoms with Crippen molar-refractivity contribution in [3.05, 3.63) is 23.5 Å². The molecule has 1 N–H and O–H groups in total. The standard InChI is InChI=1S/C15H21N3O/c1-12-5-8-15(19-10-4-2-3-9-16)14(18-12)11-17-13-6-7-13/h5,8,13,17H,2-4,6-7,10-11H2,1H3. The van der Waals surface area contributed by atoms with E-state index >= 15 is 0 Å². The van der Waals surface area contributed by atoms with Crippen LogP contribution in [-0.4, -0.2) is 17.6 Å². The molecule has 1 saturated carbocycles. The lowest BCUT2D eigenvalue weighted by Crippen LogP contribution is -2.17. The van der Waals surface area contributed by atoms with Gasteiger partial charge in [0.1, 0.15) is 5.75 Å². The minimum Gasteiger partial charge on any atom is -0.492 e. The highest BCUT2D eigenvalue weighted by Gasteiger charge is 2.21. The Bertz CT molecular complexity index is 449. The van der Waals surface area contributed by atoms with Gasteiger partial charge in [-0.1, -0.05) is 0 Å². The molecule has 0 aliphatic heterocycles. The molecule has 0 unspecified atom stereocenters. The summed E-state index contributed by atoms with van der Waals surface area (Å²) >= 11 is 0. The molecule has 0 saturated heterocycles. The van der Waals surface area contributed by atoms with Crippen molar-refractivity contribution in [1.29, 1.82) is 5.26 Å². The van der Waals surface area contributed by atoms with Crippen LogP contribution in [0.5, 0.6) is 5.75 Å². The van der Waals surface area contributed by atoms with Crippen molar-refractivity contribution in [2.75, 3.05) is 6.61 Å². The molecule has 102 valence electrons. The first-order valence-corrected chi connectivity index (χ1v) is 6.99. The highest BCUT2D eigenvalue weighted by Crippen LogP contribution is 2.22. The second-order valence-electron chi connectivity index (χ2n) is 5.02. The molecular formula is C15H21N3O. The van der Waals surface area contributed by atoms with E-state index in [0.29, 0.717) is 19.1 Å². The largest absolute Gasteiger partial charge is 0.492 e. The summed E-state index contributed by atoms with van der Waals surface area (Å²) < 4.78 is 5.78. The Balaban J connectivity index is 1.84.